The Bertz CT molecular complexity index is 562. The molecule has 0 unspecified atom stereocenters. The summed E-state index contributed by atoms with van der Waals surface area (Å²) in [5.41, 5.74) is 1.08. The molecule has 0 spiro atoms. The molecule has 0 bridgehead atoms. The van der Waals surface area contributed by atoms with E-state index >= 15 is 0 Å². The number of nitrogens with zero attached hydrogens (tertiary/aromatic N) is 1. The second kappa shape index (κ2) is 11.7. The van der Waals surface area contributed by atoms with Crippen LogP contribution in [0.2, 0.25) is 0 Å². The number of benzene rings is 1. The van der Waals surface area contributed by atoms with Crippen molar-refractivity contribution < 1.29 is 13.9 Å². The Labute approximate surface area is 167 Å². The van der Waals surface area contributed by atoms with Crippen LogP contribution in [0.1, 0.15) is 24.0 Å². The molecule has 5 nitrogen and oxygen atoms in total. The Balaban J connectivity index is 0.00000312. The third-order valence-corrected chi connectivity index (χ3v) is 4.51. The summed E-state index contributed by atoms with van der Waals surface area (Å²) < 4.78 is 19.1. The van der Waals surface area contributed by atoms with Gasteiger partial charge < -0.3 is 20.3 Å². The Morgan fingerprint density at radius 1 is 1.31 bits per heavy atom. The summed E-state index contributed by atoms with van der Waals surface area (Å²) in [5.74, 6) is -0.197. The maximum atomic E-state index is 13.8. The minimum absolute atomic E-state index is 0. The van der Waals surface area contributed by atoms with Crippen molar-refractivity contribution in [3.63, 3.8) is 0 Å². The molecule has 1 aliphatic rings. The van der Waals surface area contributed by atoms with Gasteiger partial charge in [0.05, 0.1) is 12.0 Å². The van der Waals surface area contributed by atoms with E-state index in [1.54, 1.807) is 13.2 Å². The number of methoxy groups -OCH3 is 1. The van der Waals surface area contributed by atoms with Crippen molar-refractivity contribution in [2.24, 2.45) is 5.41 Å². The summed E-state index contributed by atoms with van der Waals surface area (Å²) in [6.07, 6.45) is 1.53. The molecular weight excluding hydrogens is 380 g/mol. The highest BCUT2D eigenvalue weighted by molar-refractivity contribution is 5.85. The number of carbonyl (C=O) groups excluding carboxylic acids is 1. The van der Waals surface area contributed by atoms with Crippen LogP contribution in [-0.2, 0) is 22.6 Å². The zero-order valence-corrected chi connectivity index (χ0v) is 17.3. The van der Waals surface area contributed by atoms with Crippen molar-refractivity contribution in [3.05, 3.63) is 35.1 Å². The largest absolute Gasteiger partial charge is 0.384 e. The maximum Gasteiger partial charge on any atom is 0.228 e. The van der Waals surface area contributed by atoms with E-state index in [9.17, 15) is 9.18 Å². The number of hydrogen-bond acceptors (Lipinski definition) is 4. The molecular formula is C18H30Cl2FN3O2. The normalized spacial score (nSPS) is 15.7. The molecule has 0 atom stereocenters. The summed E-state index contributed by atoms with van der Waals surface area (Å²) >= 11 is 0. The third-order valence-electron chi connectivity index (χ3n) is 4.51. The Hall–Kier alpha value is -0.920. The van der Waals surface area contributed by atoms with Crippen molar-refractivity contribution in [2.75, 3.05) is 40.9 Å². The number of halogens is 3. The van der Waals surface area contributed by atoms with E-state index in [0.29, 0.717) is 25.3 Å². The molecule has 0 saturated carbocycles. The molecule has 1 heterocycles. The first-order valence-corrected chi connectivity index (χ1v) is 8.37. The number of ether oxygens (including phenoxy) is 1. The molecule has 0 aromatic heterocycles. The second-order valence-corrected chi connectivity index (χ2v) is 6.81. The lowest BCUT2D eigenvalue weighted by Crippen LogP contribution is -2.49. The zero-order chi connectivity index (χ0) is 17.6. The molecule has 150 valence electrons. The number of rotatable bonds is 7. The predicted molar refractivity (Wildman–Crippen MR) is 107 cm³/mol. The van der Waals surface area contributed by atoms with Gasteiger partial charge in [0, 0.05) is 25.8 Å². The van der Waals surface area contributed by atoms with Gasteiger partial charge >= 0.3 is 0 Å². The van der Waals surface area contributed by atoms with Gasteiger partial charge in [0.15, 0.2) is 0 Å². The Kier molecular flexibility index (Phi) is 11.3. The predicted octanol–water partition coefficient (Wildman–Crippen LogP) is 2.36. The number of piperidine rings is 1. The van der Waals surface area contributed by atoms with Crippen LogP contribution in [-0.4, -0.2) is 51.7 Å². The monoisotopic (exact) mass is 409 g/mol. The lowest BCUT2D eigenvalue weighted by molar-refractivity contribution is -0.136. The van der Waals surface area contributed by atoms with E-state index in [1.807, 2.05) is 25.1 Å². The van der Waals surface area contributed by atoms with Gasteiger partial charge in [-0.2, -0.15) is 0 Å². The minimum atomic E-state index is -0.466. The second-order valence-electron chi connectivity index (χ2n) is 6.81. The zero-order valence-electron chi connectivity index (χ0n) is 15.6. The molecule has 1 amide bonds. The summed E-state index contributed by atoms with van der Waals surface area (Å²) in [5, 5.41) is 6.29. The Morgan fingerprint density at radius 3 is 2.54 bits per heavy atom. The molecule has 1 saturated heterocycles. The highest BCUT2D eigenvalue weighted by Crippen LogP contribution is 2.29. The van der Waals surface area contributed by atoms with E-state index in [1.165, 1.54) is 6.07 Å². The van der Waals surface area contributed by atoms with Crippen molar-refractivity contribution >= 4 is 30.7 Å². The van der Waals surface area contributed by atoms with Crippen molar-refractivity contribution in [2.45, 2.75) is 25.9 Å². The van der Waals surface area contributed by atoms with Gasteiger partial charge in [-0.05, 0) is 57.7 Å². The molecule has 1 aromatic carbocycles. The van der Waals surface area contributed by atoms with Gasteiger partial charge in [0.1, 0.15) is 5.82 Å². The van der Waals surface area contributed by atoms with Gasteiger partial charge in [-0.15, -0.1) is 24.8 Å². The molecule has 0 aliphatic carbocycles. The van der Waals surface area contributed by atoms with Crippen LogP contribution in [0.15, 0.2) is 18.2 Å². The lowest BCUT2D eigenvalue weighted by Gasteiger charge is -2.35. The van der Waals surface area contributed by atoms with Crippen molar-refractivity contribution in [3.8, 4) is 0 Å². The van der Waals surface area contributed by atoms with Crippen LogP contribution in [0.25, 0.3) is 0 Å². The maximum absolute atomic E-state index is 13.8. The summed E-state index contributed by atoms with van der Waals surface area (Å²) in [4.78, 5) is 14.6. The molecule has 2 rings (SSSR count). The third kappa shape index (κ3) is 6.67. The summed E-state index contributed by atoms with van der Waals surface area (Å²) in [6.45, 7) is 3.00. The number of carbonyl (C=O) groups is 1. The van der Waals surface area contributed by atoms with Gasteiger partial charge in [-0.1, -0.05) is 6.07 Å². The van der Waals surface area contributed by atoms with E-state index in [-0.39, 0.29) is 36.5 Å². The fraction of sp³-hybridized carbons (Fsp3) is 0.611. The van der Waals surface area contributed by atoms with Gasteiger partial charge in [0.2, 0.25) is 5.91 Å². The van der Waals surface area contributed by atoms with Crippen LogP contribution in [0.3, 0.4) is 0 Å². The quantitative estimate of drug-likeness (QED) is 0.725. The van der Waals surface area contributed by atoms with E-state index < -0.39 is 5.41 Å². The average molecular weight is 410 g/mol. The van der Waals surface area contributed by atoms with E-state index in [4.69, 9.17) is 4.74 Å². The average Bonchev–Trinajstić information content (AvgIpc) is 2.56. The van der Waals surface area contributed by atoms with Gasteiger partial charge in [-0.3, -0.25) is 4.79 Å². The SMILES string of the molecule is COCC1(C(=O)NCc2ccc(F)c(CN(C)C)c2)CCNCC1.Cl.Cl. The van der Waals surface area contributed by atoms with Gasteiger partial charge in [0.25, 0.3) is 0 Å². The molecule has 8 heteroatoms. The van der Waals surface area contributed by atoms with Crippen molar-refractivity contribution in [1.29, 1.82) is 0 Å². The first kappa shape index (κ1) is 25.1. The molecule has 2 N–H and O–H groups in total. The number of nitrogens with one attached hydrogen (secondary N) is 2. The fourth-order valence-electron chi connectivity index (χ4n) is 3.19. The first-order valence-electron chi connectivity index (χ1n) is 8.37. The standard InChI is InChI=1S/C18H28FN3O2.2ClH/c1-22(2)12-15-10-14(4-5-16(15)19)11-21-17(23)18(13-24-3)6-8-20-9-7-18;;/h4-5,10,20H,6-9,11-13H2,1-3H3,(H,21,23);2*1H. The highest BCUT2D eigenvalue weighted by Gasteiger charge is 2.39. The molecule has 1 aromatic rings. The van der Waals surface area contributed by atoms with Crippen molar-refractivity contribution in [1.82, 2.24) is 15.5 Å². The molecule has 0 radical (unpaired) electrons. The smallest absolute Gasteiger partial charge is 0.228 e. The molecule has 26 heavy (non-hydrogen) atoms. The minimum Gasteiger partial charge on any atom is -0.384 e. The van der Waals surface area contributed by atoms with Crippen LogP contribution < -0.4 is 10.6 Å². The first-order chi connectivity index (χ1) is 11.5. The van der Waals surface area contributed by atoms with Crippen LogP contribution in [0.4, 0.5) is 4.39 Å². The molecule has 1 fully saturated rings. The number of amides is 1. The summed E-state index contributed by atoms with van der Waals surface area (Å²) in [7, 11) is 5.43. The number of hydrogen-bond donors (Lipinski definition) is 2. The van der Waals surface area contributed by atoms with Crippen LogP contribution in [0.5, 0.6) is 0 Å². The van der Waals surface area contributed by atoms with Crippen LogP contribution >= 0.6 is 24.8 Å². The highest BCUT2D eigenvalue weighted by atomic mass is 35.5. The van der Waals surface area contributed by atoms with E-state index in [2.05, 4.69) is 10.6 Å². The van der Waals surface area contributed by atoms with E-state index in [0.717, 1.165) is 31.5 Å². The summed E-state index contributed by atoms with van der Waals surface area (Å²) in [6, 6.07) is 5.01. The topological polar surface area (TPSA) is 53.6 Å². The fourth-order valence-corrected chi connectivity index (χ4v) is 3.19. The van der Waals surface area contributed by atoms with Crippen LogP contribution in [0, 0.1) is 11.2 Å². The lowest BCUT2D eigenvalue weighted by atomic mass is 9.78. The van der Waals surface area contributed by atoms with Gasteiger partial charge in [-0.25, -0.2) is 4.39 Å². The Morgan fingerprint density at radius 2 is 1.96 bits per heavy atom. The molecule has 1 aliphatic heterocycles.